The van der Waals surface area contributed by atoms with Gasteiger partial charge in [-0.1, -0.05) is 6.07 Å². The standard InChI is InChI=1S/C21H23F3N6O.C15H19F3N4/c22-21(23,24)14-4-3-10-29(12-14)18-7-6-16-19(27-18)30(15-8-11-28(16)13-15)20(31)26-17-5-1-2-9-25-17;16-15(17,18)10-2-1-6-22(8-10)13-4-3-12-14(20-13)19-11-5-7-21(12)9-11/h1-2,5-7,9,14-15H,3-4,8,10-13H2,(H,25,26,31);3-4,10-11H,1-2,5-9H2,(H,19,20)/t14?,15-;10?,11-/m00/s1. The SMILES string of the molecule is FC(F)(F)C1CCCN(c2ccc3c(n2)N[C@H]2CCN3C2)C1.O=C(Nc1ccccn1)N1c2nc(N3CCCC(C(F)(F)F)C3)ccc2N2CC[C@H]1C2. The van der Waals surface area contributed by atoms with Gasteiger partial charge in [0.15, 0.2) is 11.6 Å². The van der Waals surface area contributed by atoms with Crippen LogP contribution in [0, 0.1) is 11.8 Å². The third-order valence-corrected chi connectivity index (χ3v) is 11.2. The van der Waals surface area contributed by atoms with E-state index in [4.69, 9.17) is 4.98 Å². The summed E-state index contributed by atoms with van der Waals surface area (Å²) in [6.45, 7) is 4.61. The summed E-state index contributed by atoms with van der Waals surface area (Å²) in [4.78, 5) is 36.2. The Morgan fingerprint density at radius 3 is 2.00 bits per heavy atom. The highest BCUT2D eigenvalue weighted by molar-refractivity contribution is 6.04. The number of anilines is 7. The normalized spacial score (nSPS) is 24.9. The van der Waals surface area contributed by atoms with Crippen LogP contribution in [0.2, 0.25) is 0 Å². The molecule has 11 nitrogen and oxygen atoms in total. The fraction of sp³-hybridized carbons (Fsp3) is 0.556. The first-order valence-corrected chi connectivity index (χ1v) is 18.3. The van der Waals surface area contributed by atoms with Gasteiger partial charge >= 0.3 is 18.4 Å². The number of alkyl halides is 6. The van der Waals surface area contributed by atoms with Crippen LogP contribution in [-0.2, 0) is 0 Å². The van der Waals surface area contributed by atoms with Gasteiger partial charge in [0.1, 0.15) is 17.5 Å². The average Bonchev–Trinajstić information content (AvgIpc) is 3.75. The molecule has 3 aromatic heterocycles. The first-order valence-electron chi connectivity index (χ1n) is 18.3. The number of rotatable bonds is 3. The van der Waals surface area contributed by atoms with Crippen molar-refractivity contribution in [2.75, 3.05) is 87.5 Å². The Labute approximate surface area is 303 Å². The second kappa shape index (κ2) is 13.9. The smallest absolute Gasteiger partial charge is 0.366 e. The van der Waals surface area contributed by atoms with Gasteiger partial charge in [-0.2, -0.15) is 26.3 Å². The van der Waals surface area contributed by atoms with Gasteiger partial charge < -0.3 is 24.9 Å². The maximum atomic E-state index is 13.3. The monoisotopic (exact) mass is 744 g/mol. The molecule has 2 amide bonds. The number of hydrogen-bond acceptors (Lipinski definition) is 9. The van der Waals surface area contributed by atoms with Crippen LogP contribution in [0.1, 0.15) is 38.5 Å². The minimum atomic E-state index is -4.22. The summed E-state index contributed by atoms with van der Waals surface area (Å²) in [5.41, 5.74) is 1.90. The van der Waals surface area contributed by atoms with Crippen LogP contribution in [-0.4, -0.2) is 97.8 Å². The molecular weight excluding hydrogens is 702 g/mol. The third-order valence-electron chi connectivity index (χ3n) is 11.2. The predicted molar refractivity (Wildman–Crippen MR) is 191 cm³/mol. The lowest BCUT2D eigenvalue weighted by atomic mass is 9.97. The number of fused-ring (bicyclic) bond motifs is 8. The number of piperidine rings is 2. The summed E-state index contributed by atoms with van der Waals surface area (Å²) in [5.74, 6) is 0.284. The number of aromatic nitrogens is 3. The molecule has 0 aromatic carbocycles. The molecule has 4 saturated heterocycles. The van der Waals surface area contributed by atoms with Crippen molar-refractivity contribution in [1.29, 1.82) is 0 Å². The minimum Gasteiger partial charge on any atom is -0.366 e. The van der Waals surface area contributed by atoms with Gasteiger partial charge in [-0.15, -0.1) is 0 Å². The molecule has 2 N–H and O–H groups in total. The molecule has 284 valence electrons. The van der Waals surface area contributed by atoms with E-state index in [9.17, 15) is 31.1 Å². The molecule has 0 aliphatic carbocycles. The predicted octanol–water partition coefficient (Wildman–Crippen LogP) is 6.75. The summed E-state index contributed by atoms with van der Waals surface area (Å²) in [6.07, 6.45) is -3.46. The van der Waals surface area contributed by atoms with E-state index in [2.05, 4.69) is 30.4 Å². The Kier molecular flexibility index (Phi) is 9.29. The average molecular weight is 745 g/mol. The summed E-state index contributed by atoms with van der Waals surface area (Å²) in [7, 11) is 0. The molecule has 53 heavy (non-hydrogen) atoms. The van der Waals surface area contributed by atoms with Crippen LogP contribution in [0.25, 0.3) is 0 Å². The van der Waals surface area contributed by atoms with E-state index < -0.39 is 24.2 Å². The van der Waals surface area contributed by atoms with Crippen molar-refractivity contribution in [2.24, 2.45) is 11.8 Å². The Morgan fingerprint density at radius 2 is 1.34 bits per heavy atom. The van der Waals surface area contributed by atoms with Crippen molar-refractivity contribution in [3.05, 3.63) is 48.7 Å². The molecular formula is C36H42F6N10O. The van der Waals surface area contributed by atoms with E-state index in [0.29, 0.717) is 61.8 Å². The van der Waals surface area contributed by atoms with Crippen molar-refractivity contribution >= 4 is 46.5 Å². The topological polar surface area (TPSA) is 96.0 Å². The zero-order chi connectivity index (χ0) is 36.9. The number of carbonyl (C=O) groups is 1. The van der Waals surface area contributed by atoms with Crippen LogP contribution in [0.5, 0.6) is 0 Å². The molecule has 0 spiro atoms. The van der Waals surface area contributed by atoms with Crippen LogP contribution < -0.4 is 35.1 Å². The Bertz CT molecular complexity index is 1790. The van der Waals surface area contributed by atoms with Gasteiger partial charge in [-0.05, 0) is 74.9 Å². The largest absolute Gasteiger partial charge is 0.393 e. The van der Waals surface area contributed by atoms with Gasteiger partial charge in [-0.25, -0.2) is 19.7 Å². The molecule has 4 fully saturated rings. The lowest BCUT2D eigenvalue weighted by Gasteiger charge is -2.38. The lowest BCUT2D eigenvalue weighted by molar-refractivity contribution is -0.176. The minimum absolute atomic E-state index is 0.0163. The maximum Gasteiger partial charge on any atom is 0.393 e. The molecule has 17 heteroatoms. The zero-order valence-corrected chi connectivity index (χ0v) is 29.1. The number of carbonyl (C=O) groups excluding carboxylic acids is 1. The molecule has 0 saturated carbocycles. The zero-order valence-electron chi connectivity index (χ0n) is 29.1. The van der Waals surface area contributed by atoms with Crippen molar-refractivity contribution in [3.8, 4) is 0 Å². The number of nitrogens with one attached hydrogen (secondary N) is 2. The van der Waals surface area contributed by atoms with E-state index in [1.807, 2.05) is 18.2 Å². The molecule has 6 aliphatic rings. The van der Waals surface area contributed by atoms with Gasteiger partial charge in [0.05, 0.1) is 29.3 Å². The van der Waals surface area contributed by atoms with Crippen molar-refractivity contribution in [1.82, 2.24) is 15.0 Å². The highest BCUT2D eigenvalue weighted by atomic mass is 19.4. The van der Waals surface area contributed by atoms with Gasteiger partial charge in [-0.3, -0.25) is 10.2 Å². The maximum absolute atomic E-state index is 13.3. The number of amides is 2. The lowest BCUT2D eigenvalue weighted by Crippen LogP contribution is -2.48. The molecule has 4 bridgehead atoms. The highest BCUT2D eigenvalue weighted by Gasteiger charge is 2.44. The fourth-order valence-corrected chi connectivity index (χ4v) is 8.42. The van der Waals surface area contributed by atoms with Gasteiger partial charge in [0, 0.05) is 64.6 Å². The summed E-state index contributed by atoms with van der Waals surface area (Å²) < 4.78 is 78.7. The highest BCUT2D eigenvalue weighted by Crippen LogP contribution is 2.42. The Morgan fingerprint density at radius 1 is 0.698 bits per heavy atom. The van der Waals surface area contributed by atoms with Crippen LogP contribution in [0.15, 0.2) is 48.7 Å². The van der Waals surface area contributed by atoms with E-state index >= 15 is 0 Å². The molecule has 2 unspecified atom stereocenters. The van der Waals surface area contributed by atoms with E-state index in [1.165, 1.54) is 0 Å². The second-order valence-electron chi connectivity index (χ2n) is 14.7. The number of halogens is 6. The van der Waals surface area contributed by atoms with E-state index in [1.54, 1.807) is 45.2 Å². The quantitative estimate of drug-likeness (QED) is 0.283. The molecule has 3 aromatic rings. The Balaban J connectivity index is 0.000000160. The third kappa shape index (κ3) is 7.30. The van der Waals surface area contributed by atoms with Crippen molar-refractivity contribution in [2.45, 2.75) is 63.0 Å². The van der Waals surface area contributed by atoms with Crippen molar-refractivity contribution in [3.63, 3.8) is 0 Å². The van der Waals surface area contributed by atoms with Gasteiger partial charge in [0.2, 0.25) is 0 Å². The van der Waals surface area contributed by atoms with Gasteiger partial charge in [0.25, 0.3) is 0 Å². The summed E-state index contributed by atoms with van der Waals surface area (Å²) in [6, 6.07) is 12.8. The molecule has 9 rings (SSSR count). The number of pyridine rings is 3. The fourth-order valence-electron chi connectivity index (χ4n) is 8.42. The van der Waals surface area contributed by atoms with E-state index in [-0.39, 0.29) is 38.0 Å². The number of hydrogen-bond donors (Lipinski definition) is 2. The Hall–Kier alpha value is -4.70. The molecule has 0 radical (unpaired) electrons. The van der Waals surface area contributed by atoms with E-state index in [0.717, 1.165) is 49.7 Å². The number of urea groups is 1. The van der Waals surface area contributed by atoms with Crippen molar-refractivity contribution < 1.29 is 31.1 Å². The summed E-state index contributed by atoms with van der Waals surface area (Å²) >= 11 is 0. The number of nitrogens with zero attached hydrogens (tertiary/aromatic N) is 8. The second-order valence-corrected chi connectivity index (χ2v) is 14.7. The molecule has 9 heterocycles. The molecule has 4 atom stereocenters. The first-order chi connectivity index (χ1) is 25.4. The summed E-state index contributed by atoms with van der Waals surface area (Å²) in [5, 5.41) is 6.22. The molecule has 6 aliphatic heterocycles. The van der Waals surface area contributed by atoms with Crippen LogP contribution in [0.4, 0.5) is 71.6 Å². The first kappa shape index (κ1) is 35.3. The van der Waals surface area contributed by atoms with Crippen LogP contribution >= 0.6 is 0 Å². The van der Waals surface area contributed by atoms with Crippen LogP contribution in [0.3, 0.4) is 0 Å².